The Morgan fingerprint density at radius 3 is 2.59 bits per heavy atom. The van der Waals surface area contributed by atoms with Crippen LogP contribution in [-0.2, 0) is 25.4 Å². The fourth-order valence-electron chi connectivity index (χ4n) is 3.74. The van der Waals surface area contributed by atoms with Gasteiger partial charge in [0, 0.05) is 18.9 Å². The number of rotatable bonds is 7. The molecule has 1 saturated heterocycles. The Labute approximate surface area is 184 Å². The van der Waals surface area contributed by atoms with E-state index < -0.39 is 42.3 Å². The zero-order valence-corrected chi connectivity index (χ0v) is 17.9. The number of nitrogens with zero attached hydrogens (tertiary/aromatic N) is 3. The molecule has 2 aromatic rings. The van der Waals surface area contributed by atoms with Crippen LogP contribution in [0.25, 0.3) is 0 Å². The number of carbonyl (C=O) groups excluding carboxylic acids is 3. The van der Waals surface area contributed by atoms with Crippen molar-refractivity contribution in [2.75, 3.05) is 13.7 Å². The summed E-state index contributed by atoms with van der Waals surface area (Å²) < 4.78 is 17.5. The van der Waals surface area contributed by atoms with Crippen LogP contribution in [0.2, 0.25) is 0 Å². The topological polar surface area (TPSA) is 141 Å². The molecule has 1 aliphatic rings. The second-order valence-corrected chi connectivity index (χ2v) is 7.48. The van der Waals surface area contributed by atoms with Crippen LogP contribution >= 0.6 is 0 Å². The quantitative estimate of drug-likeness (QED) is 0.500. The van der Waals surface area contributed by atoms with Crippen LogP contribution in [0.1, 0.15) is 51.7 Å². The van der Waals surface area contributed by atoms with Gasteiger partial charge in [0.05, 0.1) is 38.2 Å². The highest BCUT2D eigenvalue weighted by Crippen LogP contribution is 2.41. The van der Waals surface area contributed by atoms with Gasteiger partial charge in [-0.1, -0.05) is 29.8 Å². The standard InChI is InChI=1S/C22H23N3O7/c1-13-4-6-15(7-5-13)19(28)22(11-26)10-17(31-14(2)27)20(32-22)25-12-24-18(21(29)30-3)16(25)8-9-23/h4-7,12,17,20,26H,8,10-11H2,1-3H3/t17-,20-,22+/m1/s1. The Kier molecular flexibility index (Phi) is 6.72. The maximum atomic E-state index is 13.3. The summed E-state index contributed by atoms with van der Waals surface area (Å²) in [5.74, 6) is -1.84. The minimum Gasteiger partial charge on any atom is -0.464 e. The largest absolute Gasteiger partial charge is 0.464 e. The second kappa shape index (κ2) is 9.30. The molecule has 0 spiro atoms. The van der Waals surface area contributed by atoms with Gasteiger partial charge in [0.25, 0.3) is 0 Å². The molecule has 3 atom stereocenters. The summed E-state index contributed by atoms with van der Waals surface area (Å²) in [6.45, 7) is 2.42. The molecular formula is C22H23N3O7. The molecule has 168 valence electrons. The van der Waals surface area contributed by atoms with Gasteiger partial charge in [0.15, 0.2) is 29.4 Å². The number of aryl methyl sites for hydroxylation is 1. The number of aliphatic hydroxyl groups excluding tert-OH is 1. The number of ether oxygens (including phenoxy) is 3. The van der Waals surface area contributed by atoms with Gasteiger partial charge in [0.2, 0.25) is 0 Å². The van der Waals surface area contributed by atoms with Gasteiger partial charge in [-0.15, -0.1) is 0 Å². The minimum absolute atomic E-state index is 0.0921. The number of carbonyl (C=O) groups is 3. The molecule has 1 fully saturated rings. The third-order valence-electron chi connectivity index (χ3n) is 5.29. The molecule has 0 aliphatic carbocycles. The summed E-state index contributed by atoms with van der Waals surface area (Å²) in [5, 5.41) is 19.4. The lowest BCUT2D eigenvalue weighted by molar-refractivity contribution is -0.153. The first-order valence-electron chi connectivity index (χ1n) is 9.84. The van der Waals surface area contributed by atoms with E-state index in [9.17, 15) is 24.8 Å². The molecule has 32 heavy (non-hydrogen) atoms. The Morgan fingerprint density at radius 2 is 2.03 bits per heavy atom. The van der Waals surface area contributed by atoms with E-state index in [-0.39, 0.29) is 24.2 Å². The van der Waals surface area contributed by atoms with Crippen LogP contribution < -0.4 is 0 Å². The maximum Gasteiger partial charge on any atom is 0.358 e. The molecule has 1 aromatic heterocycles. The summed E-state index contributed by atoms with van der Waals surface area (Å²) in [6.07, 6.45) is -1.17. The van der Waals surface area contributed by atoms with Crippen molar-refractivity contribution in [1.29, 1.82) is 5.26 Å². The van der Waals surface area contributed by atoms with Crippen molar-refractivity contribution < 1.29 is 33.7 Å². The first-order chi connectivity index (χ1) is 15.3. The molecule has 10 heteroatoms. The van der Waals surface area contributed by atoms with Crippen molar-refractivity contribution in [3.8, 4) is 6.07 Å². The lowest BCUT2D eigenvalue weighted by atomic mass is 9.89. The highest BCUT2D eigenvalue weighted by molar-refractivity contribution is 6.03. The predicted octanol–water partition coefficient (Wildman–Crippen LogP) is 1.51. The fraction of sp³-hybridized carbons (Fsp3) is 0.409. The van der Waals surface area contributed by atoms with Crippen molar-refractivity contribution in [2.45, 2.75) is 44.6 Å². The summed E-state index contributed by atoms with van der Waals surface area (Å²) in [6, 6.07) is 8.72. The van der Waals surface area contributed by atoms with Crippen LogP contribution in [0.15, 0.2) is 30.6 Å². The lowest BCUT2D eigenvalue weighted by Crippen LogP contribution is -2.42. The molecule has 1 aliphatic heterocycles. The Morgan fingerprint density at radius 1 is 1.34 bits per heavy atom. The number of imidazole rings is 1. The molecule has 2 heterocycles. The Balaban J connectivity index is 2.05. The van der Waals surface area contributed by atoms with E-state index in [4.69, 9.17) is 14.2 Å². The molecule has 0 radical (unpaired) electrons. The second-order valence-electron chi connectivity index (χ2n) is 7.48. The van der Waals surface area contributed by atoms with Crippen LogP contribution in [0.4, 0.5) is 0 Å². The number of ketones is 1. The van der Waals surface area contributed by atoms with Gasteiger partial charge >= 0.3 is 11.9 Å². The molecule has 0 saturated carbocycles. The van der Waals surface area contributed by atoms with E-state index in [1.807, 2.05) is 13.0 Å². The maximum absolute atomic E-state index is 13.3. The van der Waals surface area contributed by atoms with Crippen molar-refractivity contribution in [3.63, 3.8) is 0 Å². The summed E-state index contributed by atoms with van der Waals surface area (Å²) >= 11 is 0. The highest BCUT2D eigenvalue weighted by atomic mass is 16.6. The molecule has 0 bridgehead atoms. The number of Topliss-reactive ketones (excluding diaryl/α,β-unsaturated/α-hetero) is 1. The summed E-state index contributed by atoms with van der Waals surface area (Å²) in [5.41, 5.74) is -0.328. The van der Waals surface area contributed by atoms with E-state index in [2.05, 4.69) is 4.98 Å². The zero-order chi connectivity index (χ0) is 23.5. The number of aromatic nitrogens is 2. The van der Waals surface area contributed by atoms with E-state index >= 15 is 0 Å². The van der Waals surface area contributed by atoms with Crippen molar-refractivity contribution in [1.82, 2.24) is 9.55 Å². The average molecular weight is 441 g/mol. The molecule has 10 nitrogen and oxygen atoms in total. The average Bonchev–Trinajstić information content (AvgIpc) is 3.35. The number of esters is 2. The molecule has 0 amide bonds. The smallest absolute Gasteiger partial charge is 0.358 e. The van der Waals surface area contributed by atoms with Gasteiger partial charge in [-0.25, -0.2) is 9.78 Å². The lowest BCUT2D eigenvalue weighted by Gasteiger charge is -2.26. The van der Waals surface area contributed by atoms with Gasteiger partial charge in [0.1, 0.15) is 0 Å². The first-order valence-corrected chi connectivity index (χ1v) is 9.84. The van der Waals surface area contributed by atoms with Crippen molar-refractivity contribution >= 4 is 17.7 Å². The number of benzene rings is 1. The number of hydrogen-bond acceptors (Lipinski definition) is 9. The molecular weight excluding hydrogens is 418 g/mol. The number of hydrogen-bond donors (Lipinski definition) is 1. The minimum atomic E-state index is -1.69. The first kappa shape index (κ1) is 23.1. The van der Waals surface area contributed by atoms with Crippen molar-refractivity contribution in [3.05, 3.63) is 53.1 Å². The fourth-order valence-corrected chi connectivity index (χ4v) is 3.74. The summed E-state index contributed by atoms with van der Waals surface area (Å²) in [4.78, 5) is 41.2. The van der Waals surface area contributed by atoms with Crippen LogP contribution in [-0.4, -0.2) is 57.8 Å². The number of methoxy groups -OCH3 is 1. The van der Waals surface area contributed by atoms with E-state index in [0.29, 0.717) is 5.56 Å². The Hall–Kier alpha value is -3.55. The van der Waals surface area contributed by atoms with E-state index in [1.165, 1.54) is 24.9 Å². The van der Waals surface area contributed by atoms with Crippen molar-refractivity contribution in [2.24, 2.45) is 0 Å². The van der Waals surface area contributed by atoms with Gasteiger partial charge in [-0.2, -0.15) is 5.26 Å². The molecule has 0 unspecified atom stereocenters. The Bertz CT molecular complexity index is 1070. The van der Waals surface area contributed by atoms with E-state index in [0.717, 1.165) is 5.56 Å². The van der Waals surface area contributed by atoms with E-state index in [1.54, 1.807) is 24.3 Å². The SMILES string of the molecule is COC(=O)c1ncn([C@@H]2O[C@@](CO)(C(=O)c3ccc(C)cc3)C[C@H]2OC(C)=O)c1CC#N. The molecule has 1 aromatic carbocycles. The van der Waals surface area contributed by atoms with Gasteiger partial charge < -0.3 is 23.9 Å². The third kappa shape index (κ3) is 4.26. The highest BCUT2D eigenvalue weighted by Gasteiger charge is 2.54. The summed E-state index contributed by atoms with van der Waals surface area (Å²) in [7, 11) is 1.18. The van der Waals surface area contributed by atoms with Crippen LogP contribution in [0.3, 0.4) is 0 Å². The molecule has 3 rings (SSSR count). The predicted molar refractivity (Wildman–Crippen MR) is 109 cm³/mol. The van der Waals surface area contributed by atoms with Crippen LogP contribution in [0, 0.1) is 18.3 Å². The van der Waals surface area contributed by atoms with Gasteiger partial charge in [-0.05, 0) is 6.92 Å². The number of aliphatic hydroxyl groups is 1. The molecule has 1 N–H and O–H groups in total. The normalized spacial score (nSPS) is 22.2. The van der Waals surface area contributed by atoms with Crippen LogP contribution in [0.5, 0.6) is 0 Å². The number of nitriles is 1. The zero-order valence-electron chi connectivity index (χ0n) is 17.9. The van der Waals surface area contributed by atoms with Gasteiger partial charge in [-0.3, -0.25) is 9.59 Å². The third-order valence-corrected chi connectivity index (χ3v) is 5.29. The monoisotopic (exact) mass is 441 g/mol.